The van der Waals surface area contributed by atoms with Crippen molar-refractivity contribution in [2.75, 3.05) is 31.9 Å². The van der Waals surface area contributed by atoms with Crippen LogP contribution in [0, 0.1) is 5.92 Å². The summed E-state index contributed by atoms with van der Waals surface area (Å²) in [7, 11) is 0. The van der Waals surface area contributed by atoms with Gasteiger partial charge in [0.1, 0.15) is 5.82 Å². The third-order valence-corrected chi connectivity index (χ3v) is 5.02. The van der Waals surface area contributed by atoms with E-state index in [9.17, 15) is 9.59 Å². The number of amides is 2. The molecule has 2 amide bonds. The maximum atomic E-state index is 12.4. The van der Waals surface area contributed by atoms with Crippen LogP contribution in [-0.4, -0.2) is 52.2 Å². The van der Waals surface area contributed by atoms with Crippen molar-refractivity contribution in [1.29, 1.82) is 0 Å². The first-order valence-corrected chi connectivity index (χ1v) is 8.28. The van der Waals surface area contributed by atoms with Crippen LogP contribution in [-0.2, 0) is 4.79 Å². The van der Waals surface area contributed by atoms with Gasteiger partial charge in [-0.1, -0.05) is 0 Å². The summed E-state index contributed by atoms with van der Waals surface area (Å²) in [4.78, 5) is 28.4. The van der Waals surface area contributed by atoms with E-state index in [1.165, 1.54) is 11.5 Å². The van der Waals surface area contributed by atoms with Crippen molar-refractivity contribution in [3.05, 3.63) is 10.9 Å². The number of nitrogens with two attached hydrogens (primary N) is 1. The Hall–Kier alpha value is -1.63. The molecule has 0 saturated carbocycles. The average molecular weight is 308 g/mol. The minimum Gasteiger partial charge on any atom is -0.382 e. The Morgan fingerprint density at radius 1 is 1.14 bits per heavy atom. The number of carbonyl (C=O) groups excluding carboxylic acids is 2. The Morgan fingerprint density at radius 2 is 1.81 bits per heavy atom. The molecule has 0 unspecified atom stereocenters. The van der Waals surface area contributed by atoms with E-state index in [-0.39, 0.29) is 17.7 Å². The van der Waals surface area contributed by atoms with Gasteiger partial charge in [-0.3, -0.25) is 9.59 Å². The third kappa shape index (κ3) is 2.88. The predicted octanol–water partition coefficient (Wildman–Crippen LogP) is 1.20. The van der Waals surface area contributed by atoms with Crippen LogP contribution in [0.15, 0.2) is 5.38 Å². The van der Waals surface area contributed by atoms with Gasteiger partial charge < -0.3 is 15.5 Å². The minimum atomic E-state index is -0.0617. The first-order valence-electron chi connectivity index (χ1n) is 7.44. The number of hydrogen-bond donors (Lipinski definition) is 1. The monoisotopic (exact) mass is 308 g/mol. The number of nitrogens with zero attached hydrogens (tertiary/aromatic N) is 3. The Kier molecular flexibility index (Phi) is 4.10. The second-order valence-corrected chi connectivity index (χ2v) is 6.34. The molecule has 3 rings (SSSR count). The van der Waals surface area contributed by atoms with Gasteiger partial charge in [0.05, 0.1) is 5.56 Å². The number of anilines is 1. The fraction of sp³-hybridized carbons (Fsp3) is 0.643. The van der Waals surface area contributed by atoms with E-state index in [0.717, 1.165) is 38.8 Å². The molecule has 6 nitrogen and oxygen atoms in total. The number of likely N-dealkylation sites (tertiary alicyclic amines) is 2. The Labute approximate surface area is 128 Å². The number of carbonyl (C=O) groups is 2. The summed E-state index contributed by atoms with van der Waals surface area (Å²) >= 11 is 1.20. The largest absolute Gasteiger partial charge is 0.382 e. The van der Waals surface area contributed by atoms with Crippen molar-refractivity contribution in [2.24, 2.45) is 5.92 Å². The van der Waals surface area contributed by atoms with Crippen LogP contribution in [0.3, 0.4) is 0 Å². The minimum absolute atomic E-state index is 0.0617. The predicted molar refractivity (Wildman–Crippen MR) is 81.0 cm³/mol. The van der Waals surface area contributed by atoms with Gasteiger partial charge in [-0.2, -0.15) is 4.37 Å². The molecular weight excluding hydrogens is 288 g/mol. The van der Waals surface area contributed by atoms with Crippen LogP contribution in [0.25, 0.3) is 0 Å². The highest BCUT2D eigenvalue weighted by Gasteiger charge is 2.32. The molecule has 1 aromatic rings. The van der Waals surface area contributed by atoms with Crippen LogP contribution in [0.4, 0.5) is 5.82 Å². The number of hydrogen-bond acceptors (Lipinski definition) is 5. The highest BCUT2D eigenvalue weighted by Crippen LogP contribution is 2.24. The zero-order valence-corrected chi connectivity index (χ0v) is 12.8. The number of aromatic nitrogens is 1. The molecule has 7 heteroatoms. The van der Waals surface area contributed by atoms with Crippen LogP contribution in [0.5, 0.6) is 0 Å². The third-order valence-electron chi connectivity index (χ3n) is 4.38. The summed E-state index contributed by atoms with van der Waals surface area (Å²) in [6, 6.07) is 0. The zero-order chi connectivity index (χ0) is 14.8. The molecule has 2 aliphatic heterocycles. The first-order chi connectivity index (χ1) is 10.2. The van der Waals surface area contributed by atoms with Crippen molar-refractivity contribution < 1.29 is 9.59 Å². The van der Waals surface area contributed by atoms with Gasteiger partial charge >= 0.3 is 0 Å². The van der Waals surface area contributed by atoms with E-state index in [4.69, 9.17) is 5.73 Å². The smallest absolute Gasteiger partial charge is 0.258 e. The van der Waals surface area contributed by atoms with E-state index >= 15 is 0 Å². The van der Waals surface area contributed by atoms with Crippen molar-refractivity contribution >= 4 is 29.2 Å². The maximum Gasteiger partial charge on any atom is 0.258 e. The molecule has 2 fully saturated rings. The average Bonchev–Trinajstić information content (AvgIpc) is 3.17. The summed E-state index contributed by atoms with van der Waals surface area (Å²) < 4.78 is 3.94. The van der Waals surface area contributed by atoms with Crippen LogP contribution < -0.4 is 5.73 Å². The second-order valence-electron chi connectivity index (χ2n) is 5.71. The van der Waals surface area contributed by atoms with Crippen LogP contribution in [0.1, 0.15) is 36.0 Å². The van der Waals surface area contributed by atoms with Gasteiger partial charge in [-0.15, -0.1) is 0 Å². The Morgan fingerprint density at radius 3 is 2.38 bits per heavy atom. The molecule has 0 aromatic carbocycles. The molecule has 0 atom stereocenters. The summed E-state index contributed by atoms with van der Waals surface area (Å²) in [6.07, 6.45) is 3.73. The lowest BCUT2D eigenvalue weighted by atomic mass is 9.95. The lowest BCUT2D eigenvalue weighted by Gasteiger charge is -2.33. The number of rotatable bonds is 2. The first kappa shape index (κ1) is 14.3. The molecule has 2 N–H and O–H groups in total. The van der Waals surface area contributed by atoms with Crippen LogP contribution >= 0.6 is 11.5 Å². The van der Waals surface area contributed by atoms with Crippen LogP contribution in [0.2, 0.25) is 0 Å². The molecule has 2 saturated heterocycles. The molecule has 0 spiro atoms. The molecule has 21 heavy (non-hydrogen) atoms. The SMILES string of the molecule is Nc1nscc1C(=O)N1CCC(C(=O)N2CCCC2)CC1. The van der Waals surface area contributed by atoms with Gasteiger partial charge in [-0.25, -0.2) is 0 Å². The van der Waals surface area contributed by atoms with Gasteiger partial charge in [-0.05, 0) is 37.2 Å². The van der Waals surface area contributed by atoms with Crippen molar-refractivity contribution in [1.82, 2.24) is 14.2 Å². The van der Waals surface area contributed by atoms with E-state index in [2.05, 4.69) is 4.37 Å². The number of piperidine rings is 1. The molecule has 0 aliphatic carbocycles. The zero-order valence-electron chi connectivity index (χ0n) is 12.0. The van der Waals surface area contributed by atoms with E-state index in [0.29, 0.717) is 24.5 Å². The summed E-state index contributed by atoms with van der Waals surface area (Å²) in [5.74, 6) is 0.593. The van der Waals surface area contributed by atoms with Gasteiger partial charge in [0.15, 0.2) is 0 Å². The molecule has 0 radical (unpaired) electrons. The molecule has 3 heterocycles. The fourth-order valence-corrected chi connectivity index (χ4v) is 3.69. The normalized spacial score (nSPS) is 20.0. The molecule has 0 bridgehead atoms. The highest BCUT2D eigenvalue weighted by molar-refractivity contribution is 7.04. The molecule has 2 aliphatic rings. The summed E-state index contributed by atoms with van der Waals surface area (Å²) in [5, 5.41) is 1.69. The second kappa shape index (κ2) is 6.01. The van der Waals surface area contributed by atoms with Crippen molar-refractivity contribution in [2.45, 2.75) is 25.7 Å². The standard InChI is InChI=1S/C14H20N4O2S/c15-12-11(9-21-16-12)14(20)18-7-3-10(4-8-18)13(19)17-5-1-2-6-17/h9-10H,1-8H2,(H2,15,16). The topological polar surface area (TPSA) is 79.5 Å². The molecular formula is C14H20N4O2S. The van der Waals surface area contributed by atoms with Gasteiger partial charge in [0.25, 0.3) is 5.91 Å². The van der Waals surface area contributed by atoms with E-state index in [1.54, 1.807) is 10.3 Å². The summed E-state index contributed by atoms with van der Waals surface area (Å²) in [6.45, 7) is 3.04. The maximum absolute atomic E-state index is 12.4. The summed E-state index contributed by atoms with van der Waals surface area (Å²) in [5.41, 5.74) is 6.19. The Balaban J connectivity index is 1.56. The number of nitrogen functional groups attached to an aromatic ring is 1. The lowest BCUT2D eigenvalue weighted by molar-refractivity contribution is -0.135. The van der Waals surface area contributed by atoms with Crippen molar-refractivity contribution in [3.63, 3.8) is 0 Å². The lowest BCUT2D eigenvalue weighted by Crippen LogP contribution is -2.43. The fourth-order valence-electron chi connectivity index (χ4n) is 3.10. The van der Waals surface area contributed by atoms with E-state index < -0.39 is 0 Å². The highest BCUT2D eigenvalue weighted by atomic mass is 32.1. The van der Waals surface area contributed by atoms with E-state index in [1.807, 2.05) is 4.90 Å². The van der Waals surface area contributed by atoms with Gasteiger partial charge in [0, 0.05) is 37.5 Å². The Bertz CT molecular complexity index is 531. The quantitative estimate of drug-likeness (QED) is 0.890. The molecule has 114 valence electrons. The van der Waals surface area contributed by atoms with Gasteiger partial charge in [0.2, 0.25) is 5.91 Å². The van der Waals surface area contributed by atoms with Crippen molar-refractivity contribution in [3.8, 4) is 0 Å². The molecule has 1 aromatic heterocycles.